The lowest BCUT2D eigenvalue weighted by molar-refractivity contribution is -0.121. The summed E-state index contributed by atoms with van der Waals surface area (Å²) in [6.07, 6.45) is 4.99. The second-order valence-corrected chi connectivity index (χ2v) is 4.55. The third-order valence-electron chi connectivity index (χ3n) is 3.02. The van der Waals surface area contributed by atoms with Gasteiger partial charge in [-0.25, -0.2) is 0 Å². The summed E-state index contributed by atoms with van der Waals surface area (Å²) < 4.78 is 0. The van der Waals surface area contributed by atoms with Crippen LogP contribution in [0.2, 0.25) is 0 Å². The second kappa shape index (κ2) is 4.08. The van der Waals surface area contributed by atoms with E-state index in [2.05, 4.69) is 10.5 Å². The van der Waals surface area contributed by atoms with Crippen LogP contribution in [0.4, 0.5) is 0 Å². The van der Waals surface area contributed by atoms with E-state index < -0.39 is 0 Å². The predicted octanol–water partition coefficient (Wildman–Crippen LogP) is 0.428. The normalized spacial score (nSPS) is 23.6. The maximum absolute atomic E-state index is 11.6. The molecular weight excluding hydrogens is 194 g/mol. The van der Waals surface area contributed by atoms with E-state index in [0.29, 0.717) is 18.3 Å². The number of rotatable bonds is 5. The molecule has 4 N–H and O–H groups in total. The van der Waals surface area contributed by atoms with Crippen molar-refractivity contribution in [1.29, 1.82) is 0 Å². The second-order valence-electron chi connectivity index (χ2n) is 4.55. The molecule has 1 unspecified atom stereocenters. The molecular formula is C10H17N3O2. The van der Waals surface area contributed by atoms with Gasteiger partial charge in [0.1, 0.15) is 0 Å². The molecule has 84 valence electrons. The molecule has 0 aliphatic heterocycles. The highest BCUT2D eigenvalue weighted by atomic mass is 16.4. The average Bonchev–Trinajstić information content (AvgIpc) is 3.04. The Hall–Kier alpha value is -1.26. The molecule has 0 aromatic carbocycles. The van der Waals surface area contributed by atoms with E-state index in [1.54, 1.807) is 0 Å². The number of amidine groups is 1. The van der Waals surface area contributed by atoms with Crippen molar-refractivity contribution >= 4 is 11.7 Å². The fraction of sp³-hybridized carbons (Fsp3) is 0.800. The van der Waals surface area contributed by atoms with Crippen molar-refractivity contribution in [2.24, 2.45) is 22.7 Å². The number of amides is 1. The number of nitrogens with zero attached hydrogens (tertiary/aromatic N) is 1. The minimum absolute atomic E-state index is 0.0287. The molecule has 15 heavy (non-hydrogen) atoms. The third kappa shape index (κ3) is 2.84. The van der Waals surface area contributed by atoms with Crippen molar-refractivity contribution in [1.82, 2.24) is 5.32 Å². The van der Waals surface area contributed by atoms with Gasteiger partial charge in [0.05, 0.1) is 6.04 Å². The van der Waals surface area contributed by atoms with Crippen LogP contribution in [0.25, 0.3) is 0 Å². The minimum atomic E-state index is -0.263. The predicted molar refractivity (Wildman–Crippen MR) is 55.4 cm³/mol. The first-order valence-electron chi connectivity index (χ1n) is 5.47. The molecule has 1 amide bonds. The number of nitrogens with two attached hydrogens (primary N) is 1. The number of hydrogen-bond donors (Lipinski definition) is 3. The first-order valence-corrected chi connectivity index (χ1v) is 5.47. The molecule has 0 aromatic rings. The average molecular weight is 211 g/mol. The van der Waals surface area contributed by atoms with Gasteiger partial charge >= 0.3 is 0 Å². The summed E-state index contributed by atoms with van der Waals surface area (Å²) in [5.41, 5.74) is 5.54. The van der Waals surface area contributed by atoms with Crippen molar-refractivity contribution in [3.05, 3.63) is 0 Å². The summed E-state index contributed by atoms with van der Waals surface area (Å²) >= 11 is 0. The molecule has 0 spiro atoms. The first kappa shape index (κ1) is 10.3. The van der Waals surface area contributed by atoms with E-state index in [-0.39, 0.29) is 17.8 Å². The molecule has 2 aliphatic carbocycles. The molecule has 0 aromatic heterocycles. The highest BCUT2D eigenvalue weighted by Crippen LogP contribution is 2.34. The van der Waals surface area contributed by atoms with Gasteiger partial charge in [0, 0.05) is 6.42 Å². The zero-order valence-electron chi connectivity index (χ0n) is 8.65. The van der Waals surface area contributed by atoms with Gasteiger partial charge in [0.25, 0.3) is 0 Å². The van der Waals surface area contributed by atoms with Gasteiger partial charge in [-0.05, 0) is 37.5 Å². The molecule has 0 heterocycles. The van der Waals surface area contributed by atoms with Crippen molar-refractivity contribution < 1.29 is 10.0 Å². The van der Waals surface area contributed by atoms with Crippen LogP contribution >= 0.6 is 0 Å². The summed E-state index contributed by atoms with van der Waals surface area (Å²) in [5.74, 6) is 1.09. The summed E-state index contributed by atoms with van der Waals surface area (Å²) in [4.78, 5) is 11.6. The lowest BCUT2D eigenvalue weighted by Crippen LogP contribution is -2.46. The smallest absolute Gasteiger partial charge is 0.220 e. The van der Waals surface area contributed by atoms with Crippen LogP contribution in [0.15, 0.2) is 5.16 Å². The third-order valence-corrected chi connectivity index (χ3v) is 3.02. The highest BCUT2D eigenvalue weighted by Gasteiger charge is 2.36. The Balaban J connectivity index is 1.84. The summed E-state index contributed by atoms with van der Waals surface area (Å²) in [6, 6.07) is -0.263. The molecule has 2 aliphatic rings. The topological polar surface area (TPSA) is 87.7 Å². The van der Waals surface area contributed by atoms with Crippen molar-refractivity contribution in [2.75, 3.05) is 0 Å². The number of hydrogen-bond acceptors (Lipinski definition) is 3. The van der Waals surface area contributed by atoms with Crippen LogP contribution < -0.4 is 11.1 Å². The number of carbonyl (C=O) groups excluding carboxylic acids is 1. The van der Waals surface area contributed by atoms with Gasteiger partial charge in [-0.1, -0.05) is 5.16 Å². The lowest BCUT2D eigenvalue weighted by Gasteiger charge is -2.16. The maximum atomic E-state index is 11.6. The maximum Gasteiger partial charge on any atom is 0.220 e. The molecule has 0 bridgehead atoms. The monoisotopic (exact) mass is 211 g/mol. The Morgan fingerprint density at radius 1 is 1.47 bits per heavy atom. The van der Waals surface area contributed by atoms with Crippen LogP contribution in [0.1, 0.15) is 32.1 Å². The number of carbonyl (C=O) groups is 1. The van der Waals surface area contributed by atoms with Crippen molar-refractivity contribution in [3.8, 4) is 0 Å². The van der Waals surface area contributed by atoms with Crippen molar-refractivity contribution in [2.45, 2.75) is 38.1 Å². The number of nitrogens with one attached hydrogen (secondary N) is 1. The lowest BCUT2D eigenvalue weighted by atomic mass is 10.1. The van der Waals surface area contributed by atoms with Gasteiger partial charge < -0.3 is 16.3 Å². The molecule has 0 radical (unpaired) electrons. The van der Waals surface area contributed by atoms with E-state index in [1.807, 2.05) is 0 Å². The molecule has 2 fully saturated rings. The van der Waals surface area contributed by atoms with Crippen molar-refractivity contribution in [3.63, 3.8) is 0 Å². The SMILES string of the molecule is NC(=NO)C(NC(=O)CC1CC1)C1CC1. The fourth-order valence-corrected chi connectivity index (χ4v) is 1.74. The first-order chi connectivity index (χ1) is 7.20. The standard InChI is InChI=1S/C10H17N3O2/c11-10(13-15)9(7-3-4-7)12-8(14)5-6-1-2-6/h6-7,9,15H,1-5H2,(H2,11,13)(H,12,14). The van der Waals surface area contributed by atoms with E-state index >= 15 is 0 Å². The summed E-state index contributed by atoms with van der Waals surface area (Å²) in [6.45, 7) is 0. The quantitative estimate of drug-likeness (QED) is 0.267. The Kier molecular flexibility index (Phi) is 2.79. The molecule has 0 saturated heterocycles. The van der Waals surface area contributed by atoms with Gasteiger partial charge in [-0.2, -0.15) is 0 Å². The number of oxime groups is 1. The van der Waals surface area contributed by atoms with Crippen LogP contribution in [0.3, 0.4) is 0 Å². The highest BCUT2D eigenvalue weighted by molar-refractivity contribution is 5.90. The van der Waals surface area contributed by atoms with Gasteiger partial charge in [-0.15, -0.1) is 0 Å². The Bertz CT molecular complexity index is 282. The molecule has 5 nitrogen and oxygen atoms in total. The van der Waals surface area contributed by atoms with Crippen LogP contribution in [0.5, 0.6) is 0 Å². The van der Waals surface area contributed by atoms with E-state index in [4.69, 9.17) is 10.9 Å². The fourth-order valence-electron chi connectivity index (χ4n) is 1.74. The molecule has 5 heteroatoms. The Morgan fingerprint density at radius 3 is 2.60 bits per heavy atom. The van der Waals surface area contributed by atoms with Crippen LogP contribution in [-0.4, -0.2) is 23.0 Å². The van der Waals surface area contributed by atoms with Gasteiger partial charge in [0.15, 0.2) is 5.84 Å². The molecule has 2 saturated carbocycles. The van der Waals surface area contributed by atoms with Gasteiger partial charge in [0.2, 0.25) is 5.91 Å². The van der Waals surface area contributed by atoms with Crippen LogP contribution in [0, 0.1) is 11.8 Å². The Morgan fingerprint density at radius 2 is 2.13 bits per heavy atom. The zero-order valence-corrected chi connectivity index (χ0v) is 8.65. The zero-order chi connectivity index (χ0) is 10.8. The van der Waals surface area contributed by atoms with Gasteiger partial charge in [-0.3, -0.25) is 4.79 Å². The van der Waals surface area contributed by atoms with E-state index in [0.717, 1.165) is 25.7 Å². The summed E-state index contributed by atoms with van der Waals surface area (Å²) in [5, 5.41) is 14.4. The minimum Gasteiger partial charge on any atom is -0.409 e. The van der Waals surface area contributed by atoms with E-state index in [9.17, 15) is 4.79 Å². The van der Waals surface area contributed by atoms with Crippen LogP contribution in [-0.2, 0) is 4.79 Å². The largest absolute Gasteiger partial charge is 0.409 e. The van der Waals surface area contributed by atoms with E-state index in [1.165, 1.54) is 0 Å². The Labute approximate surface area is 88.7 Å². The molecule has 2 rings (SSSR count). The summed E-state index contributed by atoms with van der Waals surface area (Å²) in [7, 11) is 0. The molecule has 1 atom stereocenters.